The third-order valence-electron chi connectivity index (χ3n) is 5.54. The van der Waals surface area contributed by atoms with Gasteiger partial charge >= 0.3 is 0 Å². The lowest BCUT2D eigenvalue weighted by atomic mass is 9.98. The zero-order valence-electron chi connectivity index (χ0n) is 17.3. The summed E-state index contributed by atoms with van der Waals surface area (Å²) in [4.78, 5) is 24.9. The van der Waals surface area contributed by atoms with Crippen molar-refractivity contribution in [1.82, 2.24) is 4.90 Å². The van der Waals surface area contributed by atoms with Crippen LogP contribution in [0.5, 0.6) is 0 Å². The number of rotatable bonds is 5. The largest absolute Gasteiger partial charge is 0.323 e. The second-order valence-corrected chi connectivity index (χ2v) is 9.50. The van der Waals surface area contributed by atoms with Crippen molar-refractivity contribution in [3.05, 3.63) is 64.4 Å². The Morgan fingerprint density at radius 1 is 1.16 bits per heavy atom. The number of thioether (sulfide) groups is 1. The fraction of sp³-hybridized carbons (Fsp3) is 0.348. The molecule has 4 rings (SSSR count). The second-order valence-electron chi connectivity index (χ2n) is 7.62. The Kier molecular flexibility index (Phi) is 6.89. The van der Waals surface area contributed by atoms with Gasteiger partial charge in [0, 0.05) is 36.0 Å². The van der Waals surface area contributed by atoms with Crippen LogP contribution in [-0.2, 0) is 4.79 Å². The van der Waals surface area contributed by atoms with Gasteiger partial charge < -0.3 is 10.2 Å². The van der Waals surface area contributed by atoms with E-state index in [2.05, 4.69) is 33.1 Å². The van der Waals surface area contributed by atoms with Gasteiger partial charge in [0.15, 0.2) is 5.66 Å². The molecule has 0 aromatic heterocycles. The van der Waals surface area contributed by atoms with E-state index >= 15 is 0 Å². The topological polar surface area (TPSA) is 57.1 Å². The number of nitrogens with zero attached hydrogens (tertiary/aromatic N) is 3. The number of halogens is 2. The van der Waals surface area contributed by atoms with Gasteiger partial charge in [-0.25, -0.2) is 9.38 Å². The Bertz CT molecular complexity index is 1020. The maximum atomic E-state index is 13.8. The summed E-state index contributed by atoms with van der Waals surface area (Å²) in [7, 11) is 0. The molecule has 0 atom stereocenters. The molecule has 0 aliphatic carbocycles. The van der Waals surface area contributed by atoms with E-state index < -0.39 is 11.5 Å². The molecule has 1 N–H and O–H groups in total. The zero-order valence-corrected chi connectivity index (χ0v) is 19.7. The summed E-state index contributed by atoms with van der Waals surface area (Å²) >= 11 is 4.83. The van der Waals surface area contributed by atoms with Crippen molar-refractivity contribution in [3.8, 4) is 0 Å². The smallest absolute Gasteiger partial charge is 0.234 e. The standard InChI is InChI=1S/C23H24BrFN4OS/c1-2-29-13-11-23(12-14-29)27-21(16-7-9-17(24)10-8-16)22(28-23)31-15-20(30)26-19-6-4-3-5-18(19)25/h3-10H,2,11-15H2,1H3,(H,26,30). The van der Waals surface area contributed by atoms with Crippen LogP contribution in [0.2, 0.25) is 0 Å². The number of piperidine rings is 1. The van der Waals surface area contributed by atoms with Crippen LogP contribution in [0.3, 0.4) is 0 Å². The molecule has 1 fully saturated rings. The molecule has 1 amide bonds. The van der Waals surface area contributed by atoms with E-state index in [-0.39, 0.29) is 17.3 Å². The summed E-state index contributed by atoms with van der Waals surface area (Å²) in [5.74, 6) is -0.576. The number of hydrogen-bond donors (Lipinski definition) is 1. The molecule has 2 aliphatic heterocycles. The van der Waals surface area contributed by atoms with Crippen LogP contribution in [0.4, 0.5) is 10.1 Å². The summed E-state index contributed by atoms with van der Waals surface area (Å²) in [6.07, 6.45) is 1.73. The van der Waals surface area contributed by atoms with Gasteiger partial charge in [-0.1, -0.05) is 58.9 Å². The molecule has 2 heterocycles. The van der Waals surface area contributed by atoms with Gasteiger partial charge in [0.05, 0.1) is 17.2 Å². The molecule has 31 heavy (non-hydrogen) atoms. The maximum Gasteiger partial charge on any atom is 0.234 e. The van der Waals surface area contributed by atoms with Crippen molar-refractivity contribution in [2.24, 2.45) is 9.98 Å². The lowest BCUT2D eigenvalue weighted by Crippen LogP contribution is -2.41. The van der Waals surface area contributed by atoms with E-state index in [1.54, 1.807) is 18.2 Å². The minimum Gasteiger partial charge on any atom is -0.323 e. The number of nitrogens with one attached hydrogen (secondary N) is 1. The Labute approximate surface area is 194 Å². The normalized spacial score (nSPS) is 18.0. The average molecular weight is 503 g/mol. The molecule has 0 bridgehead atoms. The van der Waals surface area contributed by atoms with Crippen molar-refractivity contribution in [3.63, 3.8) is 0 Å². The van der Waals surface area contributed by atoms with E-state index in [4.69, 9.17) is 9.98 Å². The number of para-hydroxylation sites is 1. The molecule has 162 valence electrons. The van der Waals surface area contributed by atoms with E-state index in [9.17, 15) is 9.18 Å². The van der Waals surface area contributed by atoms with Crippen LogP contribution >= 0.6 is 27.7 Å². The summed E-state index contributed by atoms with van der Waals surface area (Å²) in [5.41, 5.74) is 1.56. The fourth-order valence-corrected chi connectivity index (χ4v) is 4.89. The fourth-order valence-electron chi connectivity index (χ4n) is 3.75. The summed E-state index contributed by atoms with van der Waals surface area (Å²) in [6.45, 7) is 5.12. The van der Waals surface area contributed by atoms with E-state index in [1.165, 1.54) is 17.8 Å². The number of likely N-dealkylation sites (tertiary alicyclic amines) is 1. The van der Waals surface area contributed by atoms with Crippen LogP contribution in [0.25, 0.3) is 0 Å². The van der Waals surface area contributed by atoms with Crippen molar-refractivity contribution in [2.45, 2.75) is 25.4 Å². The summed E-state index contributed by atoms with van der Waals surface area (Å²) in [5, 5.41) is 3.41. The van der Waals surface area contributed by atoms with Crippen molar-refractivity contribution in [2.75, 3.05) is 30.7 Å². The molecule has 1 saturated heterocycles. The highest BCUT2D eigenvalue weighted by atomic mass is 79.9. The third-order valence-corrected chi connectivity index (χ3v) is 7.04. The average Bonchev–Trinajstić information content (AvgIpc) is 3.13. The van der Waals surface area contributed by atoms with Gasteiger partial charge in [-0.05, 0) is 30.8 Å². The highest BCUT2D eigenvalue weighted by molar-refractivity contribution is 9.10. The number of carbonyl (C=O) groups excluding carboxylic acids is 1. The predicted molar refractivity (Wildman–Crippen MR) is 130 cm³/mol. The molecule has 5 nitrogen and oxygen atoms in total. The van der Waals surface area contributed by atoms with E-state index in [0.717, 1.165) is 53.3 Å². The molecule has 2 aliphatic rings. The maximum absolute atomic E-state index is 13.8. The van der Waals surface area contributed by atoms with Crippen LogP contribution in [-0.4, -0.2) is 52.6 Å². The quantitative estimate of drug-likeness (QED) is 0.627. The Morgan fingerprint density at radius 3 is 2.55 bits per heavy atom. The molecule has 0 unspecified atom stereocenters. The lowest BCUT2D eigenvalue weighted by molar-refractivity contribution is -0.113. The predicted octanol–water partition coefficient (Wildman–Crippen LogP) is 4.97. The molecular formula is C23H24BrFN4OS. The van der Waals surface area contributed by atoms with Crippen LogP contribution < -0.4 is 5.32 Å². The molecule has 0 saturated carbocycles. The minimum absolute atomic E-state index is 0.139. The van der Waals surface area contributed by atoms with Crippen LogP contribution in [0, 0.1) is 5.82 Å². The van der Waals surface area contributed by atoms with Crippen LogP contribution in [0.15, 0.2) is 63.0 Å². The van der Waals surface area contributed by atoms with Crippen LogP contribution in [0.1, 0.15) is 25.3 Å². The third kappa shape index (κ3) is 5.25. The number of aliphatic imine (C=N–C) groups is 2. The van der Waals surface area contributed by atoms with Crippen molar-refractivity contribution < 1.29 is 9.18 Å². The molecule has 8 heteroatoms. The second kappa shape index (κ2) is 9.63. The van der Waals surface area contributed by atoms with Gasteiger partial charge in [-0.3, -0.25) is 9.79 Å². The Balaban J connectivity index is 1.51. The molecule has 2 aromatic carbocycles. The number of anilines is 1. The Hall–Kier alpha value is -2.03. The number of carbonyl (C=O) groups is 1. The van der Waals surface area contributed by atoms with Gasteiger partial charge in [-0.15, -0.1) is 0 Å². The first-order chi connectivity index (χ1) is 15.0. The minimum atomic E-state index is -0.446. The highest BCUT2D eigenvalue weighted by Gasteiger charge is 2.39. The highest BCUT2D eigenvalue weighted by Crippen LogP contribution is 2.35. The summed E-state index contributed by atoms with van der Waals surface area (Å²) in [6, 6.07) is 14.2. The van der Waals surface area contributed by atoms with E-state index in [1.807, 2.05) is 24.3 Å². The SMILES string of the molecule is CCN1CCC2(CC1)N=C(SCC(=O)Nc1ccccc1F)C(c1ccc(Br)cc1)=N2. The number of amides is 1. The molecule has 1 spiro atoms. The zero-order chi connectivity index (χ0) is 21.8. The molecule has 0 radical (unpaired) electrons. The van der Waals surface area contributed by atoms with Crippen molar-refractivity contribution in [1.29, 1.82) is 0 Å². The number of benzene rings is 2. The molecular weight excluding hydrogens is 479 g/mol. The molecule has 2 aromatic rings. The summed E-state index contributed by atoms with van der Waals surface area (Å²) < 4.78 is 14.8. The van der Waals surface area contributed by atoms with Crippen molar-refractivity contribution >= 4 is 50.0 Å². The Morgan fingerprint density at radius 2 is 1.87 bits per heavy atom. The first-order valence-electron chi connectivity index (χ1n) is 10.3. The lowest BCUT2D eigenvalue weighted by Gasteiger charge is -2.34. The first-order valence-corrected chi connectivity index (χ1v) is 12.1. The number of hydrogen-bond acceptors (Lipinski definition) is 5. The van der Waals surface area contributed by atoms with E-state index in [0.29, 0.717) is 0 Å². The van der Waals surface area contributed by atoms with Gasteiger partial charge in [0.1, 0.15) is 10.9 Å². The van der Waals surface area contributed by atoms with Gasteiger partial charge in [0.2, 0.25) is 5.91 Å². The monoisotopic (exact) mass is 502 g/mol. The van der Waals surface area contributed by atoms with Gasteiger partial charge in [0.25, 0.3) is 0 Å². The first kappa shape index (κ1) is 22.2. The van der Waals surface area contributed by atoms with Gasteiger partial charge in [-0.2, -0.15) is 0 Å².